The van der Waals surface area contributed by atoms with Gasteiger partial charge in [-0.2, -0.15) is 0 Å². The molecule has 4 heteroatoms. The summed E-state index contributed by atoms with van der Waals surface area (Å²) in [6, 6.07) is 3.97. The van der Waals surface area contributed by atoms with E-state index in [0.717, 1.165) is 31.6 Å². The van der Waals surface area contributed by atoms with Gasteiger partial charge in [0.2, 0.25) is 0 Å². The van der Waals surface area contributed by atoms with Crippen molar-refractivity contribution < 1.29 is 9.90 Å². The summed E-state index contributed by atoms with van der Waals surface area (Å²) >= 11 is 0. The Labute approximate surface area is 101 Å². The number of carbonyl (C=O) groups is 1. The maximum Gasteiger partial charge on any atom is 0.307 e. The van der Waals surface area contributed by atoms with Gasteiger partial charge in [0.05, 0.1) is 11.6 Å². The second-order valence-electron chi connectivity index (χ2n) is 4.68. The molecular weight excluding hydrogens is 216 g/mol. The topological polar surface area (TPSA) is 53.4 Å². The molecule has 1 aromatic heterocycles. The van der Waals surface area contributed by atoms with Gasteiger partial charge in [0.1, 0.15) is 0 Å². The fourth-order valence-electron chi connectivity index (χ4n) is 2.30. The normalized spacial score (nSPS) is 21.4. The van der Waals surface area contributed by atoms with Gasteiger partial charge in [-0.15, -0.1) is 0 Å². The van der Waals surface area contributed by atoms with E-state index in [0.29, 0.717) is 6.54 Å². The highest BCUT2D eigenvalue weighted by Crippen LogP contribution is 2.19. The van der Waals surface area contributed by atoms with Crippen LogP contribution in [0.25, 0.3) is 0 Å². The highest BCUT2D eigenvalue weighted by molar-refractivity contribution is 5.70. The number of pyridine rings is 1. The number of nitrogens with zero attached hydrogens (tertiary/aromatic N) is 2. The first-order valence-electron chi connectivity index (χ1n) is 6.02. The van der Waals surface area contributed by atoms with Gasteiger partial charge >= 0.3 is 5.97 Å². The summed E-state index contributed by atoms with van der Waals surface area (Å²) in [6.07, 6.45) is 3.55. The van der Waals surface area contributed by atoms with Crippen LogP contribution in [0.2, 0.25) is 0 Å². The van der Waals surface area contributed by atoms with E-state index in [1.54, 1.807) is 6.20 Å². The van der Waals surface area contributed by atoms with Crippen LogP contribution in [0.5, 0.6) is 0 Å². The van der Waals surface area contributed by atoms with E-state index in [2.05, 4.69) is 9.88 Å². The van der Waals surface area contributed by atoms with Crippen LogP contribution in [-0.2, 0) is 11.3 Å². The Morgan fingerprint density at radius 1 is 1.65 bits per heavy atom. The van der Waals surface area contributed by atoms with Crippen LogP contribution in [0, 0.1) is 12.8 Å². The Morgan fingerprint density at radius 2 is 2.47 bits per heavy atom. The number of hydrogen-bond acceptors (Lipinski definition) is 3. The summed E-state index contributed by atoms with van der Waals surface area (Å²) in [4.78, 5) is 17.5. The van der Waals surface area contributed by atoms with Crippen LogP contribution >= 0.6 is 0 Å². The molecule has 4 nitrogen and oxygen atoms in total. The summed E-state index contributed by atoms with van der Waals surface area (Å²) in [6.45, 7) is 4.42. The maximum absolute atomic E-state index is 11.0. The van der Waals surface area contributed by atoms with Gasteiger partial charge in [-0.25, -0.2) is 0 Å². The van der Waals surface area contributed by atoms with Crippen LogP contribution in [0.4, 0.5) is 0 Å². The average molecular weight is 234 g/mol. The molecule has 1 unspecified atom stereocenters. The Balaban J connectivity index is 1.99. The van der Waals surface area contributed by atoms with Crippen molar-refractivity contribution in [2.45, 2.75) is 26.3 Å². The van der Waals surface area contributed by atoms with Gasteiger partial charge in [0.25, 0.3) is 0 Å². The zero-order chi connectivity index (χ0) is 12.3. The van der Waals surface area contributed by atoms with E-state index in [-0.39, 0.29) is 5.92 Å². The van der Waals surface area contributed by atoms with Gasteiger partial charge in [-0.1, -0.05) is 6.07 Å². The third-order valence-corrected chi connectivity index (χ3v) is 3.35. The van der Waals surface area contributed by atoms with Crippen molar-refractivity contribution in [1.82, 2.24) is 9.88 Å². The Kier molecular flexibility index (Phi) is 3.74. The van der Waals surface area contributed by atoms with E-state index in [1.165, 1.54) is 5.56 Å². The van der Waals surface area contributed by atoms with Crippen LogP contribution in [0.3, 0.4) is 0 Å². The number of carboxylic acids is 1. The van der Waals surface area contributed by atoms with Crippen LogP contribution in [0.1, 0.15) is 24.1 Å². The van der Waals surface area contributed by atoms with Crippen molar-refractivity contribution >= 4 is 5.97 Å². The van der Waals surface area contributed by atoms with Crippen LogP contribution < -0.4 is 0 Å². The smallest absolute Gasteiger partial charge is 0.307 e. The molecule has 1 aliphatic rings. The van der Waals surface area contributed by atoms with E-state index < -0.39 is 5.97 Å². The van der Waals surface area contributed by atoms with Crippen molar-refractivity contribution in [2.75, 3.05) is 13.1 Å². The number of likely N-dealkylation sites (tertiary alicyclic amines) is 1. The SMILES string of the molecule is Cc1cccnc1CN1CCCC(C(=O)O)C1. The van der Waals surface area contributed by atoms with Crippen LogP contribution in [-0.4, -0.2) is 34.0 Å². The molecule has 0 aromatic carbocycles. The van der Waals surface area contributed by atoms with E-state index in [1.807, 2.05) is 19.1 Å². The molecule has 2 heterocycles. The summed E-state index contributed by atoms with van der Waals surface area (Å²) in [5, 5.41) is 9.03. The fraction of sp³-hybridized carbons (Fsp3) is 0.538. The molecule has 0 spiro atoms. The lowest BCUT2D eigenvalue weighted by atomic mass is 9.98. The van der Waals surface area contributed by atoms with E-state index in [9.17, 15) is 4.79 Å². The predicted octanol–water partition coefficient (Wildman–Crippen LogP) is 1.69. The number of aliphatic carboxylic acids is 1. The molecule has 1 N–H and O–H groups in total. The molecule has 1 atom stereocenters. The molecule has 1 fully saturated rings. The number of aryl methyl sites for hydroxylation is 1. The lowest BCUT2D eigenvalue weighted by Gasteiger charge is -2.30. The summed E-state index contributed by atoms with van der Waals surface area (Å²) in [5.41, 5.74) is 2.23. The predicted molar refractivity (Wildman–Crippen MR) is 64.6 cm³/mol. The second-order valence-corrected chi connectivity index (χ2v) is 4.68. The quantitative estimate of drug-likeness (QED) is 0.864. The number of carboxylic acid groups (broad SMARTS) is 1. The lowest BCUT2D eigenvalue weighted by Crippen LogP contribution is -2.38. The van der Waals surface area contributed by atoms with Gasteiger partial charge in [-0.05, 0) is 37.9 Å². The van der Waals surface area contributed by atoms with Crippen molar-refractivity contribution in [2.24, 2.45) is 5.92 Å². The fourth-order valence-corrected chi connectivity index (χ4v) is 2.30. The molecule has 0 saturated carbocycles. The van der Waals surface area contributed by atoms with Gasteiger partial charge in [0.15, 0.2) is 0 Å². The minimum Gasteiger partial charge on any atom is -0.481 e. The Morgan fingerprint density at radius 3 is 3.18 bits per heavy atom. The zero-order valence-electron chi connectivity index (χ0n) is 10.1. The third-order valence-electron chi connectivity index (χ3n) is 3.35. The molecule has 1 saturated heterocycles. The van der Waals surface area contributed by atoms with Crippen molar-refractivity contribution in [3.8, 4) is 0 Å². The number of piperidine rings is 1. The highest BCUT2D eigenvalue weighted by atomic mass is 16.4. The molecular formula is C13H18N2O2. The average Bonchev–Trinajstić information content (AvgIpc) is 2.32. The van der Waals surface area contributed by atoms with Crippen LogP contribution in [0.15, 0.2) is 18.3 Å². The first kappa shape index (κ1) is 12.0. The highest BCUT2D eigenvalue weighted by Gasteiger charge is 2.25. The summed E-state index contributed by atoms with van der Waals surface area (Å²) in [5.74, 6) is -0.889. The molecule has 92 valence electrons. The molecule has 0 amide bonds. The molecule has 1 aliphatic heterocycles. The number of hydrogen-bond donors (Lipinski definition) is 1. The Hall–Kier alpha value is -1.42. The molecule has 17 heavy (non-hydrogen) atoms. The first-order valence-corrected chi connectivity index (χ1v) is 6.02. The molecule has 0 bridgehead atoms. The van der Waals surface area contributed by atoms with Crippen molar-refractivity contribution in [1.29, 1.82) is 0 Å². The minimum absolute atomic E-state index is 0.215. The molecule has 2 rings (SSSR count). The van der Waals surface area contributed by atoms with Gasteiger partial charge in [0, 0.05) is 19.3 Å². The molecule has 0 radical (unpaired) electrons. The van der Waals surface area contributed by atoms with Gasteiger partial charge in [-0.3, -0.25) is 14.7 Å². The monoisotopic (exact) mass is 234 g/mol. The largest absolute Gasteiger partial charge is 0.481 e. The standard InChI is InChI=1S/C13H18N2O2/c1-10-4-2-6-14-12(10)9-15-7-3-5-11(8-15)13(16)17/h2,4,6,11H,3,5,7-9H2,1H3,(H,16,17). The maximum atomic E-state index is 11.0. The lowest BCUT2D eigenvalue weighted by molar-refractivity contribution is -0.143. The molecule has 1 aromatic rings. The zero-order valence-corrected chi connectivity index (χ0v) is 10.1. The van der Waals surface area contributed by atoms with Gasteiger partial charge < -0.3 is 5.11 Å². The second kappa shape index (κ2) is 5.27. The van der Waals surface area contributed by atoms with Crippen molar-refractivity contribution in [3.05, 3.63) is 29.6 Å². The Bertz CT molecular complexity index is 406. The number of rotatable bonds is 3. The van der Waals surface area contributed by atoms with E-state index >= 15 is 0 Å². The first-order chi connectivity index (χ1) is 8.16. The molecule has 0 aliphatic carbocycles. The minimum atomic E-state index is -0.674. The van der Waals surface area contributed by atoms with E-state index in [4.69, 9.17) is 5.11 Å². The summed E-state index contributed by atoms with van der Waals surface area (Å²) < 4.78 is 0. The number of aromatic nitrogens is 1. The summed E-state index contributed by atoms with van der Waals surface area (Å²) in [7, 11) is 0. The third kappa shape index (κ3) is 3.03. The van der Waals surface area contributed by atoms with Crippen molar-refractivity contribution in [3.63, 3.8) is 0 Å².